The second-order valence-electron chi connectivity index (χ2n) is 33.9. The van der Waals surface area contributed by atoms with Gasteiger partial charge in [-0.1, -0.05) is 217 Å². The van der Waals surface area contributed by atoms with E-state index in [1.165, 1.54) is 45.6 Å². The lowest BCUT2D eigenvalue weighted by atomic mass is 9.84. The molecule has 4 aliphatic rings. The Hall–Kier alpha value is -6.83. The zero-order valence-electron chi connectivity index (χ0n) is 65.1. The molecule has 3 aliphatic heterocycles. The molecule has 2 N–H and O–H groups in total. The van der Waals surface area contributed by atoms with Crippen molar-refractivity contribution in [2.75, 3.05) is 6.54 Å². The fourth-order valence-electron chi connectivity index (χ4n) is 8.88. The molecule has 0 radical (unpaired) electrons. The quantitative estimate of drug-likeness (QED) is 0.141. The van der Waals surface area contributed by atoms with E-state index in [1.54, 1.807) is 6.33 Å². The molecule has 1 aliphatic carbocycles. The molecule has 0 amide bonds. The minimum Gasteiger partial charge on any atom is -0.454 e. The van der Waals surface area contributed by atoms with E-state index in [4.69, 9.17) is 4.74 Å². The molecule has 0 saturated carbocycles. The van der Waals surface area contributed by atoms with Gasteiger partial charge in [-0.2, -0.15) is 5.10 Å². The van der Waals surface area contributed by atoms with Gasteiger partial charge in [0.25, 0.3) is 0 Å². The summed E-state index contributed by atoms with van der Waals surface area (Å²) in [7, 11) is 0. The lowest BCUT2D eigenvalue weighted by Gasteiger charge is -2.23. The molecule has 1 unspecified atom stereocenters. The van der Waals surface area contributed by atoms with Crippen LogP contribution >= 0.6 is 0 Å². The number of aliphatic imine (C=N–C) groups is 2. The molecule has 14 heteroatoms. The zero-order valence-corrected chi connectivity index (χ0v) is 65.1. The first-order valence-corrected chi connectivity index (χ1v) is 33.2. The molecule has 14 nitrogen and oxygen atoms in total. The van der Waals surface area contributed by atoms with E-state index in [1.807, 2.05) is 98.3 Å². The summed E-state index contributed by atoms with van der Waals surface area (Å²) in [6.45, 7) is 75.5. The third kappa shape index (κ3) is 33.2. The molecule has 1 atom stereocenters. The van der Waals surface area contributed by atoms with Crippen molar-refractivity contribution in [3.05, 3.63) is 165 Å². The van der Waals surface area contributed by atoms with Gasteiger partial charge in [0.05, 0.1) is 12.2 Å². The maximum Gasteiger partial charge on any atom is 0.331 e. The number of carbonyl (C=O) groups is 1. The predicted molar refractivity (Wildman–Crippen MR) is 396 cm³/mol. The molecule has 0 saturated heterocycles. The number of nitrogens with one attached hydrogen (secondary N) is 2. The largest absolute Gasteiger partial charge is 0.454 e. The third-order valence-corrected chi connectivity index (χ3v) is 14.5. The second-order valence-corrected chi connectivity index (χ2v) is 33.9. The van der Waals surface area contributed by atoms with Crippen molar-refractivity contribution >= 4 is 17.4 Å². The number of aromatic nitrogens is 10. The molecule has 5 aromatic rings. The number of aromatic amines is 2. The van der Waals surface area contributed by atoms with Gasteiger partial charge in [-0.15, -0.1) is 0 Å². The number of imidazole rings is 1. The van der Waals surface area contributed by atoms with E-state index in [9.17, 15) is 4.79 Å². The molecule has 516 valence electrons. The highest BCUT2D eigenvalue weighted by Gasteiger charge is 2.29. The van der Waals surface area contributed by atoms with Gasteiger partial charge in [-0.25, -0.2) is 39.7 Å². The van der Waals surface area contributed by atoms with Crippen molar-refractivity contribution in [2.24, 2.45) is 31.6 Å². The average Bonchev–Trinajstić information content (AvgIpc) is 2.03. The maximum absolute atomic E-state index is 10.6. The first kappa shape index (κ1) is 84.2. The number of allylic oxidation sites excluding steroid dienone is 7. The summed E-state index contributed by atoms with van der Waals surface area (Å²) in [5.74, 6) is 2.53. The predicted octanol–water partition coefficient (Wildman–Crippen LogP) is 20.3. The van der Waals surface area contributed by atoms with Gasteiger partial charge in [0.15, 0.2) is 0 Å². The van der Waals surface area contributed by atoms with Crippen molar-refractivity contribution in [1.29, 1.82) is 0 Å². The van der Waals surface area contributed by atoms with Crippen LogP contribution in [0.3, 0.4) is 0 Å². The minimum absolute atomic E-state index is 0.0304. The summed E-state index contributed by atoms with van der Waals surface area (Å²) in [5.41, 5.74) is 17.4. The van der Waals surface area contributed by atoms with Crippen LogP contribution in [0.15, 0.2) is 118 Å². The van der Waals surface area contributed by atoms with Gasteiger partial charge in [0.1, 0.15) is 29.9 Å². The van der Waals surface area contributed by atoms with Crippen LogP contribution in [-0.4, -0.2) is 80.1 Å². The SMILES string of the molecule is CC(C)(C)C1C=CC(=O)O1.CC1=CCC=C1C(C)(C)C.CC1=NC(C(C)(C)C)=CC1.CC1=NCC=C1C(C)(C)C.Cc1cc(C(C)(C)C)n[nH]1.Cc1cc(C(C)(C)C)ncn1.Cc1ccnc(C(C)(C)C)n1.Cc1ncc(C(C)(C)C)[nH]1.Cc1nccc(C(C)(C)C)n1. The van der Waals surface area contributed by atoms with E-state index in [2.05, 4.69) is 277 Å². The molecule has 0 spiro atoms. The summed E-state index contributed by atoms with van der Waals surface area (Å²) in [4.78, 5) is 51.8. The fourth-order valence-corrected chi connectivity index (χ4v) is 8.88. The minimum atomic E-state index is -0.222. The Kier molecular flexibility index (Phi) is 31.7. The Bertz CT molecular complexity index is 3120. The number of nitrogens with zero attached hydrogens (tertiary/aromatic N) is 10. The van der Waals surface area contributed by atoms with Crippen LogP contribution in [0.25, 0.3) is 0 Å². The Morgan fingerprint density at radius 2 is 1.09 bits per heavy atom. The molecule has 8 heterocycles. The van der Waals surface area contributed by atoms with Crippen LogP contribution in [0.1, 0.15) is 278 Å². The zero-order chi connectivity index (χ0) is 72.1. The molecular formula is C79H128N12O2. The van der Waals surface area contributed by atoms with Gasteiger partial charge >= 0.3 is 5.97 Å². The molecule has 9 rings (SSSR count). The number of ether oxygens (including phenoxy) is 1. The standard InChI is InChI=1S/C10H16.3C9H14N2.2C9H15N.2C8H14N2.C8H12O2/c1-8-6-5-7-9(8)10(2,3)4;1-7-5-8(9(2,3)4)11-6-10-7;1-7-10-6-5-8(11-7)9(2,3)4;1-7-5-6-10-8(11-7)9(2,3)4;1-7-8(5-6-10-7)9(2,3)4;1-7-5-6-8(10-7)9(2,3)4;1-6-9-5-7(10-6)8(2,3)4;1-6-5-7(10-9-6)8(2,3)4;1-8(2,3)6-4-5-7(9)10-6/h6-7H,5H2,1-4H3;3*5-6H,1-4H3;5H,6H2,1-4H3;6H,5H2,1-4H3;2*5H,1-4H3,(H,9,10);4-6H,1-3H3. The van der Waals surface area contributed by atoms with Crippen molar-refractivity contribution in [3.8, 4) is 0 Å². The lowest BCUT2D eigenvalue weighted by Crippen LogP contribution is -2.25. The van der Waals surface area contributed by atoms with Crippen molar-refractivity contribution in [3.63, 3.8) is 0 Å². The van der Waals surface area contributed by atoms with Crippen molar-refractivity contribution in [1.82, 2.24) is 50.1 Å². The van der Waals surface area contributed by atoms with E-state index < -0.39 is 0 Å². The summed E-state index contributed by atoms with van der Waals surface area (Å²) in [6.07, 6.45) is 21.6. The number of aryl methyl sites for hydroxylation is 5. The Morgan fingerprint density at radius 3 is 1.34 bits per heavy atom. The van der Waals surface area contributed by atoms with E-state index in [-0.39, 0.29) is 55.4 Å². The van der Waals surface area contributed by atoms with Gasteiger partial charge in [0, 0.05) is 120 Å². The average molecular weight is 1280 g/mol. The number of H-pyrrole nitrogens is 2. The smallest absolute Gasteiger partial charge is 0.331 e. The Balaban J connectivity index is 0.000000523. The van der Waals surface area contributed by atoms with Gasteiger partial charge in [-0.05, 0) is 114 Å². The van der Waals surface area contributed by atoms with Gasteiger partial charge < -0.3 is 9.72 Å². The monoisotopic (exact) mass is 1280 g/mol. The van der Waals surface area contributed by atoms with E-state index in [0.29, 0.717) is 5.41 Å². The maximum atomic E-state index is 10.6. The fraction of sp³-hybridized carbons (Fsp3) is 0.608. The summed E-state index contributed by atoms with van der Waals surface area (Å²) in [6, 6.07) is 7.99. The summed E-state index contributed by atoms with van der Waals surface area (Å²) < 4.78 is 4.98. The summed E-state index contributed by atoms with van der Waals surface area (Å²) in [5, 5.41) is 7.09. The molecule has 0 aromatic carbocycles. The first-order valence-electron chi connectivity index (χ1n) is 33.2. The van der Waals surface area contributed by atoms with Crippen LogP contribution in [0.4, 0.5) is 0 Å². The Labute approximate surface area is 566 Å². The van der Waals surface area contributed by atoms with Crippen molar-refractivity contribution in [2.45, 2.75) is 288 Å². The molecule has 5 aromatic heterocycles. The van der Waals surface area contributed by atoms with Gasteiger partial charge in [0.2, 0.25) is 0 Å². The summed E-state index contributed by atoms with van der Waals surface area (Å²) >= 11 is 0. The highest BCUT2D eigenvalue weighted by atomic mass is 16.5. The van der Waals surface area contributed by atoms with Crippen LogP contribution < -0.4 is 0 Å². The van der Waals surface area contributed by atoms with E-state index >= 15 is 0 Å². The van der Waals surface area contributed by atoms with Gasteiger partial charge in [-0.3, -0.25) is 15.1 Å². The molecule has 0 fully saturated rings. The number of hydrogen-bond donors (Lipinski definition) is 2. The number of esters is 1. The van der Waals surface area contributed by atoms with Crippen LogP contribution in [0.5, 0.6) is 0 Å². The topological polar surface area (TPSA) is 186 Å². The second kappa shape index (κ2) is 35.1. The van der Waals surface area contributed by atoms with Crippen molar-refractivity contribution < 1.29 is 9.53 Å². The highest BCUT2D eigenvalue weighted by Crippen LogP contribution is 2.35. The van der Waals surface area contributed by atoms with Crippen LogP contribution in [0, 0.1) is 56.3 Å². The Morgan fingerprint density at radius 1 is 0.516 bits per heavy atom. The third-order valence-electron chi connectivity index (χ3n) is 14.5. The lowest BCUT2D eigenvalue weighted by molar-refractivity contribution is -0.142. The number of rotatable bonds is 0. The highest BCUT2D eigenvalue weighted by molar-refractivity contribution is 6.00. The molecular weight excluding hydrogens is 1150 g/mol. The number of carbonyl (C=O) groups excluding carboxylic acids is 1. The molecule has 0 bridgehead atoms. The van der Waals surface area contributed by atoms with E-state index in [0.717, 1.165) is 71.0 Å². The van der Waals surface area contributed by atoms with Crippen LogP contribution in [0.2, 0.25) is 0 Å². The number of hydrogen-bond acceptors (Lipinski definition) is 12. The number of cyclic esters (lactones) is 1. The molecule has 93 heavy (non-hydrogen) atoms. The normalized spacial score (nSPS) is 15.5. The first-order chi connectivity index (χ1) is 42.0. The van der Waals surface area contributed by atoms with Crippen LogP contribution in [-0.2, 0) is 36.6 Å².